The molecule has 0 saturated carbocycles. The highest BCUT2D eigenvalue weighted by Gasteiger charge is 2.35. The quantitative estimate of drug-likeness (QED) is 0.914. The first kappa shape index (κ1) is 14.6. The van der Waals surface area contributed by atoms with Gasteiger partial charge in [-0.2, -0.15) is 0 Å². The highest BCUT2D eigenvalue weighted by Crippen LogP contribution is 2.29. The fraction of sp³-hybridized carbons (Fsp3) is 0.235. The monoisotopic (exact) mass is 288 g/mol. The van der Waals surface area contributed by atoms with Crippen LogP contribution in [0.3, 0.4) is 0 Å². The van der Waals surface area contributed by atoms with Gasteiger partial charge in [0.1, 0.15) is 0 Å². The molecule has 1 unspecified atom stereocenters. The summed E-state index contributed by atoms with van der Waals surface area (Å²) in [5.74, 6) is -0.833. The van der Waals surface area contributed by atoms with Crippen LogP contribution >= 0.6 is 11.6 Å². The van der Waals surface area contributed by atoms with Crippen molar-refractivity contribution in [1.82, 2.24) is 0 Å². The number of hydrogen-bond donors (Lipinski definition) is 1. The van der Waals surface area contributed by atoms with Crippen molar-refractivity contribution in [1.29, 1.82) is 0 Å². The van der Waals surface area contributed by atoms with Crippen LogP contribution in [-0.4, -0.2) is 11.1 Å². The van der Waals surface area contributed by atoms with Gasteiger partial charge < -0.3 is 5.11 Å². The first-order chi connectivity index (χ1) is 9.41. The SMILES string of the molecule is Cc1ccc(CC(C)(C(=O)O)c2ccc(Cl)cc2)cc1. The molecule has 2 aromatic rings. The zero-order valence-electron chi connectivity index (χ0n) is 11.6. The fourth-order valence-electron chi connectivity index (χ4n) is 2.23. The van der Waals surface area contributed by atoms with Crippen LogP contribution in [0.25, 0.3) is 0 Å². The van der Waals surface area contributed by atoms with Gasteiger partial charge in [0.25, 0.3) is 0 Å². The number of rotatable bonds is 4. The van der Waals surface area contributed by atoms with Crippen LogP contribution in [0.2, 0.25) is 5.02 Å². The van der Waals surface area contributed by atoms with Crippen LogP contribution in [0.5, 0.6) is 0 Å². The lowest BCUT2D eigenvalue weighted by molar-refractivity contribution is -0.143. The molecule has 0 aliphatic rings. The molecule has 0 bridgehead atoms. The van der Waals surface area contributed by atoms with Gasteiger partial charge in [0.15, 0.2) is 0 Å². The Morgan fingerprint density at radius 2 is 1.65 bits per heavy atom. The minimum absolute atomic E-state index is 0.449. The Kier molecular flexibility index (Phi) is 4.15. The zero-order chi connectivity index (χ0) is 14.8. The summed E-state index contributed by atoms with van der Waals surface area (Å²) in [5, 5.41) is 10.2. The van der Waals surface area contributed by atoms with E-state index in [0.717, 1.165) is 16.7 Å². The first-order valence-corrected chi connectivity index (χ1v) is 6.84. The molecule has 0 aliphatic heterocycles. The summed E-state index contributed by atoms with van der Waals surface area (Å²) in [7, 11) is 0. The molecule has 0 aliphatic carbocycles. The zero-order valence-corrected chi connectivity index (χ0v) is 12.3. The summed E-state index contributed by atoms with van der Waals surface area (Å²) in [6, 6.07) is 15.0. The summed E-state index contributed by atoms with van der Waals surface area (Å²) in [4.78, 5) is 11.7. The van der Waals surface area contributed by atoms with Crippen LogP contribution in [-0.2, 0) is 16.6 Å². The molecule has 0 amide bonds. The molecule has 20 heavy (non-hydrogen) atoms. The molecule has 0 saturated heterocycles. The number of carbonyl (C=O) groups is 1. The molecular weight excluding hydrogens is 272 g/mol. The van der Waals surface area contributed by atoms with E-state index in [2.05, 4.69) is 0 Å². The third-order valence-corrected chi connectivity index (χ3v) is 3.88. The maximum atomic E-state index is 11.7. The van der Waals surface area contributed by atoms with Crippen molar-refractivity contribution in [3.8, 4) is 0 Å². The van der Waals surface area contributed by atoms with E-state index in [0.29, 0.717) is 11.4 Å². The number of carboxylic acids is 1. The van der Waals surface area contributed by atoms with E-state index in [1.54, 1.807) is 31.2 Å². The van der Waals surface area contributed by atoms with Crippen molar-refractivity contribution in [3.63, 3.8) is 0 Å². The summed E-state index contributed by atoms with van der Waals surface area (Å²) in [5.41, 5.74) is 1.97. The summed E-state index contributed by atoms with van der Waals surface area (Å²) < 4.78 is 0. The largest absolute Gasteiger partial charge is 0.481 e. The third kappa shape index (κ3) is 3.02. The van der Waals surface area contributed by atoms with Gasteiger partial charge in [0.05, 0.1) is 5.41 Å². The van der Waals surface area contributed by atoms with E-state index >= 15 is 0 Å². The van der Waals surface area contributed by atoms with Crippen LogP contribution < -0.4 is 0 Å². The predicted octanol–water partition coefficient (Wildman–Crippen LogP) is 4.23. The van der Waals surface area contributed by atoms with Crippen molar-refractivity contribution in [3.05, 3.63) is 70.2 Å². The summed E-state index contributed by atoms with van der Waals surface area (Å²) in [6.45, 7) is 3.76. The molecule has 3 heteroatoms. The number of carboxylic acid groups (broad SMARTS) is 1. The van der Waals surface area contributed by atoms with Crippen LogP contribution in [0.1, 0.15) is 23.6 Å². The lowest BCUT2D eigenvalue weighted by atomic mass is 9.77. The normalized spacial score (nSPS) is 13.8. The average Bonchev–Trinajstić information content (AvgIpc) is 2.42. The van der Waals surface area contributed by atoms with Crippen LogP contribution in [0, 0.1) is 6.92 Å². The third-order valence-electron chi connectivity index (χ3n) is 3.63. The van der Waals surface area contributed by atoms with E-state index in [1.165, 1.54) is 0 Å². The number of benzene rings is 2. The maximum absolute atomic E-state index is 11.7. The molecule has 1 atom stereocenters. The molecule has 104 valence electrons. The summed E-state index contributed by atoms with van der Waals surface area (Å²) in [6.07, 6.45) is 0.449. The second-order valence-corrected chi connectivity index (χ2v) is 5.74. The standard InChI is InChI=1S/C17H17ClO2/c1-12-3-5-13(6-4-12)11-17(2,16(19)20)14-7-9-15(18)10-8-14/h3-10H,11H2,1-2H3,(H,19,20). The Balaban J connectivity index is 2.37. The number of hydrogen-bond acceptors (Lipinski definition) is 1. The van der Waals surface area contributed by atoms with Gasteiger partial charge in [-0.25, -0.2) is 0 Å². The molecule has 0 fully saturated rings. The molecule has 0 aromatic heterocycles. The highest BCUT2D eigenvalue weighted by molar-refractivity contribution is 6.30. The number of aliphatic carboxylic acids is 1. The van der Waals surface area contributed by atoms with Crippen molar-refractivity contribution in [2.75, 3.05) is 0 Å². The number of halogens is 1. The Morgan fingerprint density at radius 3 is 2.15 bits per heavy atom. The van der Waals surface area contributed by atoms with Gasteiger partial charge in [-0.3, -0.25) is 4.79 Å². The van der Waals surface area contributed by atoms with Crippen LogP contribution in [0.4, 0.5) is 0 Å². The van der Waals surface area contributed by atoms with Crippen molar-refractivity contribution in [2.45, 2.75) is 25.7 Å². The van der Waals surface area contributed by atoms with E-state index in [4.69, 9.17) is 11.6 Å². The Bertz CT molecular complexity index is 602. The second kappa shape index (κ2) is 5.68. The lowest BCUT2D eigenvalue weighted by Gasteiger charge is -2.25. The van der Waals surface area contributed by atoms with Crippen LogP contribution in [0.15, 0.2) is 48.5 Å². The van der Waals surface area contributed by atoms with Gasteiger partial charge in [-0.1, -0.05) is 53.6 Å². The molecule has 0 spiro atoms. The van der Waals surface area contributed by atoms with Gasteiger partial charge in [-0.05, 0) is 43.5 Å². The van der Waals surface area contributed by atoms with Gasteiger partial charge in [0.2, 0.25) is 0 Å². The van der Waals surface area contributed by atoms with E-state index in [1.807, 2.05) is 31.2 Å². The topological polar surface area (TPSA) is 37.3 Å². The molecule has 0 heterocycles. The molecule has 2 nitrogen and oxygen atoms in total. The summed E-state index contributed by atoms with van der Waals surface area (Å²) >= 11 is 5.87. The predicted molar refractivity (Wildman–Crippen MR) is 81.3 cm³/mol. The maximum Gasteiger partial charge on any atom is 0.314 e. The Morgan fingerprint density at radius 1 is 1.10 bits per heavy atom. The fourth-order valence-corrected chi connectivity index (χ4v) is 2.36. The average molecular weight is 289 g/mol. The van der Waals surface area contributed by atoms with E-state index in [-0.39, 0.29) is 0 Å². The Hall–Kier alpha value is -1.80. The molecule has 1 N–H and O–H groups in total. The molecule has 2 aromatic carbocycles. The Labute approximate surface area is 124 Å². The second-order valence-electron chi connectivity index (χ2n) is 5.31. The van der Waals surface area contributed by atoms with E-state index in [9.17, 15) is 9.90 Å². The molecule has 0 radical (unpaired) electrons. The van der Waals surface area contributed by atoms with Gasteiger partial charge in [-0.15, -0.1) is 0 Å². The number of aryl methyl sites for hydroxylation is 1. The van der Waals surface area contributed by atoms with Gasteiger partial charge >= 0.3 is 5.97 Å². The lowest BCUT2D eigenvalue weighted by Crippen LogP contribution is -2.34. The smallest absolute Gasteiger partial charge is 0.314 e. The first-order valence-electron chi connectivity index (χ1n) is 6.47. The minimum atomic E-state index is -0.958. The van der Waals surface area contributed by atoms with Gasteiger partial charge in [0, 0.05) is 5.02 Å². The van der Waals surface area contributed by atoms with Crippen molar-refractivity contribution >= 4 is 17.6 Å². The van der Waals surface area contributed by atoms with Crippen molar-refractivity contribution in [2.24, 2.45) is 0 Å². The molecule has 2 rings (SSSR count). The highest BCUT2D eigenvalue weighted by atomic mass is 35.5. The minimum Gasteiger partial charge on any atom is -0.481 e. The molecular formula is C17H17ClO2. The van der Waals surface area contributed by atoms with E-state index < -0.39 is 11.4 Å². The van der Waals surface area contributed by atoms with Crippen molar-refractivity contribution < 1.29 is 9.90 Å².